The number of nitrogens with one attached hydrogen (secondary N) is 1. The average Bonchev–Trinajstić information content (AvgIpc) is 3.18. The highest BCUT2D eigenvalue weighted by molar-refractivity contribution is 5.76. The van der Waals surface area contributed by atoms with Crippen molar-refractivity contribution in [2.24, 2.45) is 23.2 Å². The maximum atomic E-state index is 14.1. The van der Waals surface area contributed by atoms with E-state index in [1.165, 1.54) is 17.7 Å². The molecule has 0 aliphatic heterocycles. The van der Waals surface area contributed by atoms with Gasteiger partial charge in [0.15, 0.2) is 0 Å². The molecule has 3 aliphatic carbocycles. The molecule has 0 spiro atoms. The Morgan fingerprint density at radius 2 is 1.97 bits per heavy atom. The SMILES string of the molecule is CC(C)CC(=O)N[C@H]1[C@H](C(F)(F)F)CC=C2[C@@H]1CCC1=Cc3c(cnn3-c3ccc(F)cc3)C[C@@]12C. The summed E-state index contributed by atoms with van der Waals surface area (Å²) in [6.07, 6.45) is 3.20. The van der Waals surface area contributed by atoms with Gasteiger partial charge in [0.25, 0.3) is 0 Å². The summed E-state index contributed by atoms with van der Waals surface area (Å²) in [5.74, 6) is -2.51. The topological polar surface area (TPSA) is 46.9 Å². The van der Waals surface area contributed by atoms with E-state index in [0.29, 0.717) is 19.3 Å². The van der Waals surface area contributed by atoms with Crippen LogP contribution in [0.15, 0.2) is 47.7 Å². The maximum Gasteiger partial charge on any atom is 0.394 e. The van der Waals surface area contributed by atoms with Crippen LogP contribution in [0.3, 0.4) is 0 Å². The molecule has 36 heavy (non-hydrogen) atoms. The molecule has 0 saturated heterocycles. The fourth-order valence-electron chi connectivity index (χ4n) is 6.38. The van der Waals surface area contributed by atoms with Crippen molar-refractivity contribution >= 4 is 12.0 Å². The van der Waals surface area contributed by atoms with E-state index in [9.17, 15) is 22.4 Å². The van der Waals surface area contributed by atoms with Gasteiger partial charge >= 0.3 is 6.18 Å². The molecule has 1 aromatic carbocycles. The molecule has 192 valence electrons. The average molecular weight is 502 g/mol. The first kappa shape index (κ1) is 24.8. The molecule has 5 rings (SSSR count). The number of nitrogens with zero attached hydrogens (tertiary/aromatic N) is 2. The lowest BCUT2D eigenvalue weighted by molar-refractivity contribution is -0.187. The van der Waals surface area contributed by atoms with Crippen LogP contribution in [-0.4, -0.2) is 27.9 Å². The lowest BCUT2D eigenvalue weighted by Gasteiger charge is -2.51. The summed E-state index contributed by atoms with van der Waals surface area (Å²) < 4.78 is 57.4. The smallest absolute Gasteiger partial charge is 0.352 e. The first-order valence-electron chi connectivity index (χ1n) is 12.6. The van der Waals surface area contributed by atoms with Crippen molar-refractivity contribution in [3.63, 3.8) is 0 Å². The van der Waals surface area contributed by atoms with E-state index in [0.717, 1.165) is 22.5 Å². The number of hydrogen-bond acceptors (Lipinski definition) is 2. The highest BCUT2D eigenvalue weighted by Crippen LogP contribution is 2.57. The Labute approximate surface area is 208 Å². The zero-order valence-electron chi connectivity index (χ0n) is 20.7. The summed E-state index contributed by atoms with van der Waals surface area (Å²) in [4.78, 5) is 12.6. The molecule has 0 radical (unpaired) electrons. The summed E-state index contributed by atoms with van der Waals surface area (Å²) in [7, 11) is 0. The predicted octanol–water partition coefficient (Wildman–Crippen LogP) is 6.41. The molecule has 0 unspecified atom stereocenters. The van der Waals surface area contributed by atoms with Crippen LogP contribution >= 0.6 is 0 Å². The minimum Gasteiger partial charge on any atom is -0.352 e. The first-order valence-corrected chi connectivity index (χ1v) is 12.6. The van der Waals surface area contributed by atoms with Crippen molar-refractivity contribution in [1.82, 2.24) is 15.1 Å². The normalized spacial score (nSPS) is 27.5. The number of hydrogen-bond donors (Lipinski definition) is 1. The zero-order valence-corrected chi connectivity index (χ0v) is 20.7. The monoisotopic (exact) mass is 501 g/mol. The van der Waals surface area contributed by atoms with Crippen molar-refractivity contribution in [2.45, 2.75) is 65.1 Å². The van der Waals surface area contributed by atoms with Gasteiger partial charge in [0.05, 0.1) is 23.5 Å². The van der Waals surface area contributed by atoms with Crippen molar-refractivity contribution in [2.75, 3.05) is 0 Å². The molecule has 8 heteroatoms. The predicted molar refractivity (Wildman–Crippen MR) is 130 cm³/mol. The molecule has 1 heterocycles. The Kier molecular flexibility index (Phi) is 6.12. The second-order valence-electron chi connectivity index (χ2n) is 11.0. The van der Waals surface area contributed by atoms with Crippen LogP contribution in [0.2, 0.25) is 0 Å². The van der Waals surface area contributed by atoms with E-state index in [4.69, 9.17) is 0 Å². The minimum absolute atomic E-state index is 0.0701. The third-order valence-corrected chi connectivity index (χ3v) is 8.08. The number of rotatable bonds is 4. The van der Waals surface area contributed by atoms with Gasteiger partial charge in [-0.1, -0.05) is 38.0 Å². The van der Waals surface area contributed by atoms with E-state index in [1.54, 1.807) is 29.1 Å². The number of amides is 1. The van der Waals surface area contributed by atoms with Crippen LogP contribution in [0.4, 0.5) is 17.6 Å². The van der Waals surface area contributed by atoms with E-state index >= 15 is 0 Å². The first-order chi connectivity index (χ1) is 17.0. The Balaban J connectivity index is 1.49. The number of aromatic nitrogens is 2. The number of allylic oxidation sites excluding steroid dienone is 2. The summed E-state index contributed by atoms with van der Waals surface area (Å²) in [5, 5.41) is 7.34. The van der Waals surface area contributed by atoms with Crippen molar-refractivity contribution in [1.29, 1.82) is 0 Å². The zero-order chi connectivity index (χ0) is 25.8. The lowest BCUT2D eigenvalue weighted by Crippen LogP contribution is -2.55. The van der Waals surface area contributed by atoms with Gasteiger partial charge in [0.2, 0.25) is 5.91 Å². The van der Waals surface area contributed by atoms with Gasteiger partial charge in [0.1, 0.15) is 5.82 Å². The third kappa shape index (κ3) is 4.28. The molecule has 4 nitrogen and oxygen atoms in total. The molecule has 1 aromatic heterocycles. The second kappa shape index (κ2) is 8.89. The quantitative estimate of drug-likeness (QED) is 0.389. The molecule has 1 fully saturated rings. The molecular formula is C28H31F4N3O. The molecular weight excluding hydrogens is 470 g/mol. The molecule has 2 aromatic rings. The lowest BCUT2D eigenvalue weighted by atomic mass is 9.55. The van der Waals surface area contributed by atoms with E-state index in [1.807, 2.05) is 13.8 Å². The van der Waals surface area contributed by atoms with Crippen LogP contribution in [0, 0.1) is 29.0 Å². The van der Waals surface area contributed by atoms with Crippen LogP contribution in [0.1, 0.15) is 57.7 Å². The van der Waals surface area contributed by atoms with Gasteiger partial charge in [-0.2, -0.15) is 18.3 Å². The molecule has 4 atom stereocenters. The van der Waals surface area contributed by atoms with Crippen LogP contribution in [0.25, 0.3) is 11.8 Å². The van der Waals surface area contributed by atoms with Crippen molar-refractivity contribution in [3.05, 3.63) is 64.8 Å². The van der Waals surface area contributed by atoms with Crippen LogP contribution in [0.5, 0.6) is 0 Å². The fourth-order valence-corrected chi connectivity index (χ4v) is 6.38. The molecule has 1 amide bonds. The number of carbonyl (C=O) groups excluding carboxylic acids is 1. The van der Waals surface area contributed by atoms with Crippen LogP contribution < -0.4 is 5.32 Å². The second-order valence-corrected chi connectivity index (χ2v) is 11.0. The Morgan fingerprint density at radius 3 is 2.64 bits per heavy atom. The van der Waals surface area contributed by atoms with Gasteiger partial charge in [0, 0.05) is 23.8 Å². The van der Waals surface area contributed by atoms with Gasteiger partial charge < -0.3 is 5.32 Å². The number of benzene rings is 1. The molecule has 3 aliphatic rings. The minimum atomic E-state index is -4.38. The van der Waals surface area contributed by atoms with Gasteiger partial charge in [-0.3, -0.25) is 4.79 Å². The van der Waals surface area contributed by atoms with Crippen molar-refractivity contribution < 1.29 is 22.4 Å². The standard InChI is InChI=1S/C28H31F4N3O/c1-16(2)12-25(36)34-26-21-9-4-18-13-24-17(15-33-35(24)20-7-5-19(29)6-8-20)14-27(18,3)22(21)10-11-23(26)28(30,31)32/h5-8,10,13,15-16,21,23,26H,4,9,11-12,14H2,1-3H3,(H,34,36)/t21-,23+,26+,27-/m0/s1. The van der Waals surface area contributed by atoms with E-state index < -0.39 is 23.6 Å². The van der Waals surface area contributed by atoms with E-state index in [2.05, 4.69) is 23.4 Å². The summed E-state index contributed by atoms with van der Waals surface area (Å²) in [6.45, 7) is 5.88. The molecule has 0 bridgehead atoms. The van der Waals surface area contributed by atoms with Crippen molar-refractivity contribution in [3.8, 4) is 5.69 Å². The number of alkyl halides is 3. The van der Waals surface area contributed by atoms with Gasteiger partial charge in [-0.15, -0.1) is 0 Å². The molecule has 1 saturated carbocycles. The summed E-state index contributed by atoms with van der Waals surface area (Å²) in [6, 6.07) is 5.19. The Bertz CT molecular complexity index is 1220. The summed E-state index contributed by atoms with van der Waals surface area (Å²) in [5.41, 5.74) is 4.42. The maximum absolute atomic E-state index is 14.1. The summed E-state index contributed by atoms with van der Waals surface area (Å²) >= 11 is 0. The largest absolute Gasteiger partial charge is 0.394 e. The number of fused-ring (bicyclic) bond motifs is 4. The fraction of sp³-hybridized carbons (Fsp3) is 0.500. The molecule has 1 N–H and O–H groups in total. The number of carbonyl (C=O) groups is 1. The highest BCUT2D eigenvalue weighted by atomic mass is 19.4. The Morgan fingerprint density at radius 1 is 1.25 bits per heavy atom. The van der Waals surface area contributed by atoms with Gasteiger partial charge in [-0.05, 0) is 67.5 Å². The highest BCUT2D eigenvalue weighted by Gasteiger charge is 2.54. The Hall–Kier alpha value is -2.90. The number of halogens is 4. The third-order valence-electron chi connectivity index (χ3n) is 8.08. The van der Waals surface area contributed by atoms with E-state index in [-0.39, 0.29) is 36.4 Å². The van der Waals surface area contributed by atoms with Gasteiger partial charge in [-0.25, -0.2) is 9.07 Å². The van der Waals surface area contributed by atoms with Crippen LogP contribution in [-0.2, 0) is 11.2 Å².